The smallest absolute Gasteiger partial charge is 0.0695 e. The summed E-state index contributed by atoms with van der Waals surface area (Å²) in [7, 11) is 0. The van der Waals surface area contributed by atoms with Gasteiger partial charge < -0.3 is 0 Å². The summed E-state index contributed by atoms with van der Waals surface area (Å²) in [5.74, 6) is 0. The molecule has 1 aromatic rings. The molecule has 13 heavy (non-hydrogen) atoms. The number of nitrogens with zero attached hydrogens (tertiary/aromatic N) is 2. The molecule has 0 bridgehead atoms. The molecule has 1 aliphatic heterocycles. The van der Waals surface area contributed by atoms with Crippen LogP contribution in [0.4, 0.5) is 0 Å². The molecule has 0 unspecified atom stereocenters. The number of hydrazone groups is 1. The zero-order valence-corrected chi connectivity index (χ0v) is 7.90. The number of rotatable bonds is 2. The lowest BCUT2D eigenvalue weighted by molar-refractivity contribution is 0.336. The van der Waals surface area contributed by atoms with Gasteiger partial charge in [-0.05, 0) is 12.5 Å². The lowest BCUT2D eigenvalue weighted by Gasteiger charge is -2.07. The van der Waals surface area contributed by atoms with E-state index < -0.39 is 0 Å². The molecule has 0 radical (unpaired) electrons. The summed E-state index contributed by atoms with van der Waals surface area (Å²) >= 11 is 0. The third kappa shape index (κ3) is 1.72. The fourth-order valence-electron chi connectivity index (χ4n) is 1.57. The standard InChI is InChI=1S/C11H14N2/c1-2-13-9-8-11(12-13)10-6-4-3-5-7-10/h3-7H,2,8-9H2,1H3. The van der Waals surface area contributed by atoms with Gasteiger partial charge in [0.25, 0.3) is 0 Å². The van der Waals surface area contributed by atoms with E-state index in [1.54, 1.807) is 0 Å². The predicted molar refractivity (Wildman–Crippen MR) is 54.8 cm³/mol. The molecule has 0 N–H and O–H groups in total. The van der Waals surface area contributed by atoms with E-state index in [0.29, 0.717) is 0 Å². The maximum Gasteiger partial charge on any atom is 0.0695 e. The third-order valence-electron chi connectivity index (χ3n) is 2.34. The molecule has 0 fully saturated rings. The van der Waals surface area contributed by atoms with E-state index in [4.69, 9.17) is 0 Å². The topological polar surface area (TPSA) is 15.6 Å². The minimum atomic E-state index is 1.01. The minimum absolute atomic E-state index is 1.01. The SMILES string of the molecule is CCN1CCC(c2ccccc2)=N1. The maximum absolute atomic E-state index is 4.53. The highest BCUT2D eigenvalue weighted by atomic mass is 15.5. The van der Waals surface area contributed by atoms with Crippen LogP contribution >= 0.6 is 0 Å². The number of hydrogen-bond donors (Lipinski definition) is 0. The van der Waals surface area contributed by atoms with Gasteiger partial charge in [0.15, 0.2) is 0 Å². The quantitative estimate of drug-likeness (QED) is 0.670. The molecule has 1 heterocycles. The highest BCUT2D eigenvalue weighted by Gasteiger charge is 2.13. The first-order valence-corrected chi connectivity index (χ1v) is 4.78. The summed E-state index contributed by atoms with van der Waals surface area (Å²) in [5.41, 5.74) is 2.49. The Morgan fingerprint density at radius 2 is 2.08 bits per heavy atom. The highest BCUT2D eigenvalue weighted by molar-refractivity contribution is 6.01. The van der Waals surface area contributed by atoms with Gasteiger partial charge >= 0.3 is 0 Å². The van der Waals surface area contributed by atoms with E-state index in [0.717, 1.165) is 19.5 Å². The second-order valence-electron chi connectivity index (χ2n) is 3.21. The molecule has 68 valence electrons. The Morgan fingerprint density at radius 3 is 2.69 bits per heavy atom. The van der Waals surface area contributed by atoms with E-state index in [9.17, 15) is 0 Å². The van der Waals surface area contributed by atoms with Crippen LogP contribution in [0.3, 0.4) is 0 Å². The minimum Gasteiger partial charge on any atom is -0.297 e. The second kappa shape index (κ2) is 3.60. The summed E-state index contributed by atoms with van der Waals surface area (Å²) in [6.45, 7) is 4.22. The van der Waals surface area contributed by atoms with Crippen LogP contribution in [0.25, 0.3) is 0 Å². The Kier molecular flexibility index (Phi) is 2.30. The van der Waals surface area contributed by atoms with Gasteiger partial charge in [0.1, 0.15) is 0 Å². The first kappa shape index (κ1) is 8.30. The average molecular weight is 174 g/mol. The monoisotopic (exact) mass is 174 g/mol. The Hall–Kier alpha value is -1.31. The Bertz CT molecular complexity index is 303. The third-order valence-corrected chi connectivity index (χ3v) is 2.34. The van der Waals surface area contributed by atoms with Crippen molar-refractivity contribution in [2.24, 2.45) is 5.10 Å². The fraction of sp³-hybridized carbons (Fsp3) is 0.364. The van der Waals surface area contributed by atoms with Gasteiger partial charge in [-0.25, -0.2) is 0 Å². The van der Waals surface area contributed by atoms with Crippen molar-refractivity contribution in [2.45, 2.75) is 13.3 Å². The fourth-order valence-corrected chi connectivity index (χ4v) is 1.57. The van der Waals surface area contributed by atoms with Crippen LogP contribution in [-0.2, 0) is 0 Å². The first-order valence-electron chi connectivity index (χ1n) is 4.78. The summed E-state index contributed by atoms with van der Waals surface area (Å²) < 4.78 is 0. The van der Waals surface area contributed by atoms with Crippen molar-refractivity contribution in [1.29, 1.82) is 0 Å². The molecular formula is C11H14N2. The lowest BCUT2D eigenvalue weighted by atomic mass is 10.1. The van der Waals surface area contributed by atoms with Gasteiger partial charge in [0.2, 0.25) is 0 Å². The molecule has 0 aliphatic carbocycles. The van der Waals surface area contributed by atoms with E-state index in [1.165, 1.54) is 11.3 Å². The molecule has 2 rings (SSSR count). The largest absolute Gasteiger partial charge is 0.297 e. The molecule has 0 saturated carbocycles. The van der Waals surface area contributed by atoms with Crippen molar-refractivity contribution < 1.29 is 0 Å². The first-order chi connectivity index (χ1) is 6.40. The summed E-state index contributed by atoms with van der Waals surface area (Å²) in [5, 5.41) is 6.64. The molecule has 0 spiro atoms. The number of hydrogen-bond acceptors (Lipinski definition) is 2. The van der Waals surface area contributed by atoms with Crippen LogP contribution in [0.5, 0.6) is 0 Å². The van der Waals surface area contributed by atoms with Crippen LogP contribution in [-0.4, -0.2) is 23.8 Å². The molecular weight excluding hydrogens is 160 g/mol. The Morgan fingerprint density at radius 1 is 1.31 bits per heavy atom. The summed E-state index contributed by atoms with van der Waals surface area (Å²) in [6.07, 6.45) is 1.08. The van der Waals surface area contributed by atoms with E-state index >= 15 is 0 Å². The number of benzene rings is 1. The summed E-state index contributed by atoms with van der Waals surface area (Å²) in [6, 6.07) is 10.4. The van der Waals surface area contributed by atoms with E-state index in [1.807, 2.05) is 6.07 Å². The van der Waals surface area contributed by atoms with Gasteiger partial charge in [-0.15, -0.1) is 0 Å². The average Bonchev–Trinajstić information content (AvgIpc) is 2.67. The van der Waals surface area contributed by atoms with Crippen molar-refractivity contribution in [1.82, 2.24) is 5.01 Å². The van der Waals surface area contributed by atoms with Crippen LogP contribution in [0.2, 0.25) is 0 Å². The normalized spacial score (nSPS) is 16.1. The highest BCUT2D eigenvalue weighted by Crippen LogP contribution is 2.12. The van der Waals surface area contributed by atoms with E-state index in [-0.39, 0.29) is 0 Å². The lowest BCUT2D eigenvalue weighted by Crippen LogP contribution is -2.11. The summed E-state index contributed by atoms with van der Waals surface area (Å²) in [4.78, 5) is 0. The van der Waals surface area contributed by atoms with E-state index in [2.05, 4.69) is 41.3 Å². The van der Waals surface area contributed by atoms with Gasteiger partial charge in [-0.3, -0.25) is 5.01 Å². The zero-order valence-electron chi connectivity index (χ0n) is 7.90. The molecule has 2 nitrogen and oxygen atoms in total. The van der Waals surface area contributed by atoms with Crippen LogP contribution < -0.4 is 0 Å². The van der Waals surface area contributed by atoms with Gasteiger partial charge in [-0.2, -0.15) is 5.10 Å². The molecule has 0 saturated heterocycles. The molecule has 1 aliphatic rings. The van der Waals surface area contributed by atoms with Crippen LogP contribution in [0.15, 0.2) is 35.4 Å². The van der Waals surface area contributed by atoms with Gasteiger partial charge in [0, 0.05) is 19.5 Å². The van der Waals surface area contributed by atoms with Crippen LogP contribution in [0.1, 0.15) is 18.9 Å². The van der Waals surface area contributed by atoms with Crippen molar-refractivity contribution in [3.63, 3.8) is 0 Å². The zero-order chi connectivity index (χ0) is 9.10. The second-order valence-corrected chi connectivity index (χ2v) is 3.21. The molecule has 0 atom stereocenters. The molecule has 0 aromatic heterocycles. The Balaban J connectivity index is 2.19. The molecule has 1 aromatic carbocycles. The van der Waals surface area contributed by atoms with Crippen molar-refractivity contribution in [3.05, 3.63) is 35.9 Å². The van der Waals surface area contributed by atoms with Gasteiger partial charge in [-0.1, -0.05) is 30.3 Å². The van der Waals surface area contributed by atoms with Crippen molar-refractivity contribution in [2.75, 3.05) is 13.1 Å². The molecule has 2 heteroatoms. The maximum atomic E-state index is 4.53. The van der Waals surface area contributed by atoms with Crippen molar-refractivity contribution in [3.8, 4) is 0 Å². The Labute approximate surface area is 78.9 Å². The predicted octanol–water partition coefficient (Wildman–Crippen LogP) is 2.12. The molecule has 0 amide bonds. The van der Waals surface area contributed by atoms with Crippen LogP contribution in [0, 0.1) is 0 Å². The van der Waals surface area contributed by atoms with Gasteiger partial charge in [0.05, 0.1) is 5.71 Å². The van der Waals surface area contributed by atoms with Crippen molar-refractivity contribution >= 4 is 5.71 Å².